The third-order valence-corrected chi connectivity index (χ3v) is 5.38. The van der Waals surface area contributed by atoms with E-state index in [-0.39, 0.29) is 17.8 Å². The summed E-state index contributed by atoms with van der Waals surface area (Å²) in [7, 11) is 0. The molecule has 1 aliphatic heterocycles. The van der Waals surface area contributed by atoms with Gasteiger partial charge in [0, 0.05) is 37.0 Å². The highest BCUT2D eigenvalue weighted by atomic mass is 19.1. The Bertz CT molecular complexity index is 984. The lowest BCUT2D eigenvalue weighted by atomic mass is 10.1. The van der Waals surface area contributed by atoms with Crippen molar-refractivity contribution in [3.8, 4) is 0 Å². The van der Waals surface area contributed by atoms with Crippen LogP contribution in [0.5, 0.6) is 0 Å². The molecule has 3 heterocycles. The SMILES string of the molecule is Cc1ccn2cc(CN3C(=O)CC[C@H]3CCNCc3ccccc3F)nc2c1. The molecule has 2 aromatic heterocycles. The standard InChI is InChI=1S/C22H25FN4O/c1-16-9-11-26-14-18(25-21(26)12-16)15-27-19(6-7-22(27)28)8-10-24-13-17-4-2-3-5-20(17)23/h2-5,9,11-12,14,19,24H,6-8,10,13,15H2,1H3/t19-/m0/s1. The van der Waals surface area contributed by atoms with Gasteiger partial charge in [0.05, 0.1) is 12.2 Å². The van der Waals surface area contributed by atoms with E-state index in [1.54, 1.807) is 12.1 Å². The van der Waals surface area contributed by atoms with E-state index >= 15 is 0 Å². The Morgan fingerprint density at radius 3 is 3.00 bits per heavy atom. The molecule has 1 amide bonds. The summed E-state index contributed by atoms with van der Waals surface area (Å²) in [5.74, 6) is 0.00194. The van der Waals surface area contributed by atoms with Crippen LogP contribution in [0.25, 0.3) is 5.65 Å². The quantitative estimate of drug-likeness (QED) is 0.639. The minimum absolute atomic E-state index is 0.185. The lowest BCUT2D eigenvalue weighted by Crippen LogP contribution is -2.34. The first kappa shape index (κ1) is 18.6. The van der Waals surface area contributed by atoms with Crippen molar-refractivity contribution >= 4 is 11.6 Å². The zero-order valence-electron chi connectivity index (χ0n) is 16.1. The van der Waals surface area contributed by atoms with E-state index in [1.807, 2.05) is 46.8 Å². The smallest absolute Gasteiger partial charge is 0.223 e. The first-order valence-corrected chi connectivity index (χ1v) is 9.78. The van der Waals surface area contributed by atoms with Crippen molar-refractivity contribution in [3.05, 3.63) is 71.4 Å². The average Bonchev–Trinajstić information content (AvgIpc) is 3.23. The normalized spacial score (nSPS) is 17.0. The predicted octanol–water partition coefficient (Wildman–Crippen LogP) is 3.45. The number of nitrogens with zero attached hydrogens (tertiary/aromatic N) is 3. The van der Waals surface area contributed by atoms with Crippen molar-refractivity contribution in [3.63, 3.8) is 0 Å². The van der Waals surface area contributed by atoms with Crippen LogP contribution < -0.4 is 5.32 Å². The number of hydrogen-bond acceptors (Lipinski definition) is 3. The molecule has 1 fully saturated rings. The zero-order valence-corrected chi connectivity index (χ0v) is 16.1. The molecule has 0 spiro atoms. The molecule has 0 aliphatic carbocycles. The molecule has 1 aliphatic rings. The molecule has 1 aromatic carbocycles. The Morgan fingerprint density at radius 1 is 1.29 bits per heavy atom. The Balaban J connectivity index is 1.34. The number of carbonyl (C=O) groups is 1. The summed E-state index contributed by atoms with van der Waals surface area (Å²) in [4.78, 5) is 19.0. The molecule has 1 atom stereocenters. The Hall–Kier alpha value is -2.73. The van der Waals surface area contributed by atoms with Gasteiger partial charge in [-0.2, -0.15) is 0 Å². The Morgan fingerprint density at radius 2 is 2.14 bits per heavy atom. The van der Waals surface area contributed by atoms with Crippen LogP contribution in [0.1, 0.15) is 36.1 Å². The molecule has 146 valence electrons. The highest BCUT2D eigenvalue weighted by Gasteiger charge is 2.30. The molecule has 0 radical (unpaired) electrons. The Labute approximate surface area is 164 Å². The number of carbonyl (C=O) groups excluding carboxylic acids is 1. The fourth-order valence-corrected chi connectivity index (χ4v) is 3.83. The summed E-state index contributed by atoms with van der Waals surface area (Å²) in [6.07, 6.45) is 6.30. The van der Waals surface area contributed by atoms with Crippen LogP contribution in [0.15, 0.2) is 48.8 Å². The first-order valence-electron chi connectivity index (χ1n) is 9.78. The van der Waals surface area contributed by atoms with Gasteiger partial charge in [-0.25, -0.2) is 9.37 Å². The van der Waals surface area contributed by atoms with Gasteiger partial charge in [0.1, 0.15) is 11.5 Å². The van der Waals surface area contributed by atoms with Crippen molar-refractivity contribution in [2.45, 2.75) is 45.3 Å². The number of likely N-dealkylation sites (tertiary alicyclic amines) is 1. The molecule has 0 unspecified atom stereocenters. The summed E-state index contributed by atoms with van der Waals surface area (Å²) in [6, 6.07) is 11.1. The van der Waals surface area contributed by atoms with Gasteiger partial charge in [0.15, 0.2) is 0 Å². The molecule has 4 rings (SSSR count). The maximum Gasteiger partial charge on any atom is 0.223 e. The number of amides is 1. The number of aryl methyl sites for hydroxylation is 1. The number of hydrogen-bond donors (Lipinski definition) is 1. The molecule has 0 bridgehead atoms. The van der Waals surface area contributed by atoms with E-state index in [2.05, 4.69) is 10.3 Å². The largest absolute Gasteiger partial charge is 0.334 e. The van der Waals surface area contributed by atoms with Crippen LogP contribution >= 0.6 is 0 Å². The second-order valence-electron chi connectivity index (χ2n) is 7.47. The number of fused-ring (bicyclic) bond motifs is 1. The monoisotopic (exact) mass is 380 g/mol. The van der Waals surface area contributed by atoms with Gasteiger partial charge in [0.2, 0.25) is 5.91 Å². The third-order valence-electron chi connectivity index (χ3n) is 5.38. The van der Waals surface area contributed by atoms with E-state index < -0.39 is 0 Å². The molecule has 3 aromatic rings. The predicted molar refractivity (Wildman–Crippen MR) is 106 cm³/mol. The van der Waals surface area contributed by atoms with Crippen LogP contribution in [0, 0.1) is 12.7 Å². The van der Waals surface area contributed by atoms with Crippen molar-refractivity contribution < 1.29 is 9.18 Å². The van der Waals surface area contributed by atoms with E-state index in [9.17, 15) is 9.18 Å². The minimum Gasteiger partial charge on any atom is -0.334 e. The first-order chi connectivity index (χ1) is 13.6. The van der Waals surface area contributed by atoms with E-state index in [4.69, 9.17) is 0 Å². The highest BCUT2D eigenvalue weighted by molar-refractivity contribution is 5.78. The van der Waals surface area contributed by atoms with Crippen LogP contribution in [-0.2, 0) is 17.9 Å². The summed E-state index contributed by atoms with van der Waals surface area (Å²) < 4.78 is 15.7. The zero-order chi connectivity index (χ0) is 19.5. The summed E-state index contributed by atoms with van der Waals surface area (Å²) in [6.45, 7) is 3.83. The van der Waals surface area contributed by atoms with Gasteiger partial charge in [-0.05, 0) is 50.1 Å². The number of rotatable bonds is 7. The second-order valence-corrected chi connectivity index (χ2v) is 7.47. The number of nitrogens with one attached hydrogen (secondary N) is 1. The van der Waals surface area contributed by atoms with Gasteiger partial charge >= 0.3 is 0 Å². The van der Waals surface area contributed by atoms with Crippen molar-refractivity contribution in [1.82, 2.24) is 19.6 Å². The van der Waals surface area contributed by atoms with E-state index in [1.165, 1.54) is 11.6 Å². The fraction of sp³-hybridized carbons (Fsp3) is 0.364. The summed E-state index contributed by atoms with van der Waals surface area (Å²) in [5.41, 5.74) is 3.65. The maximum atomic E-state index is 13.7. The molecule has 1 N–H and O–H groups in total. The molecule has 5 nitrogen and oxygen atoms in total. The number of aromatic nitrogens is 2. The van der Waals surface area contributed by atoms with Crippen molar-refractivity contribution in [1.29, 1.82) is 0 Å². The van der Waals surface area contributed by atoms with Crippen molar-refractivity contribution in [2.75, 3.05) is 6.54 Å². The van der Waals surface area contributed by atoms with Gasteiger partial charge in [-0.1, -0.05) is 18.2 Å². The minimum atomic E-state index is -0.185. The van der Waals surface area contributed by atoms with Gasteiger partial charge in [-0.3, -0.25) is 4.79 Å². The molecular weight excluding hydrogens is 355 g/mol. The van der Waals surface area contributed by atoms with Crippen molar-refractivity contribution in [2.24, 2.45) is 0 Å². The summed E-state index contributed by atoms with van der Waals surface area (Å²) in [5, 5.41) is 3.30. The topological polar surface area (TPSA) is 49.6 Å². The van der Waals surface area contributed by atoms with Gasteiger partial charge < -0.3 is 14.6 Å². The van der Waals surface area contributed by atoms with Crippen LogP contribution in [0.3, 0.4) is 0 Å². The molecular formula is C22H25FN4O. The van der Waals surface area contributed by atoms with E-state index in [0.29, 0.717) is 25.1 Å². The highest BCUT2D eigenvalue weighted by Crippen LogP contribution is 2.23. The Kier molecular flexibility index (Phi) is 5.39. The maximum absolute atomic E-state index is 13.7. The van der Waals surface area contributed by atoms with Crippen LogP contribution in [0.4, 0.5) is 4.39 Å². The lowest BCUT2D eigenvalue weighted by Gasteiger charge is -2.24. The van der Waals surface area contributed by atoms with Gasteiger partial charge in [-0.15, -0.1) is 0 Å². The van der Waals surface area contributed by atoms with Crippen LogP contribution in [0.2, 0.25) is 0 Å². The molecule has 6 heteroatoms. The second kappa shape index (κ2) is 8.10. The average molecular weight is 380 g/mol. The molecule has 0 saturated carbocycles. The van der Waals surface area contributed by atoms with Crippen LogP contribution in [-0.4, -0.2) is 32.8 Å². The van der Waals surface area contributed by atoms with Gasteiger partial charge in [0.25, 0.3) is 0 Å². The number of pyridine rings is 1. The lowest BCUT2D eigenvalue weighted by molar-refractivity contribution is -0.129. The van der Waals surface area contributed by atoms with E-state index in [0.717, 1.165) is 30.7 Å². The number of halogens is 1. The number of benzene rings is 1. The fourth-order valence-electron chi connectivity index (χ4n) is 3.83. The number of imidazole rings is 1. The molecule has 1 saturated heterocycles. The third kappa shape index (κ3) is 4.07. The molecule has 28 heavy (non-hydrogen) atoms. The summed E-state index contributed by atoms with van der Waals surface area (Å²) >= 11 is 0.